The average molecular weight is 426 g/mol. The maximum atomic E-state index is 6.16. The SMILES string of the molecule is CCCC1CCC(c2ccc(-c3ccc(Br)c(Br)c3)o2)CC1. The van der Waals surface area contributed by atoms with Gasteiger partial charge in [0.1, 0.15) is 11.5 Å². The summed E-state index contributed by atoms with van der Waals surface area (Å²) in [5, 5.41) is 0. The molecule has 0 unspecified atom stereocenters. The lowest BCUT2D eigenvalue weighted by Crippen LogP contribution is -2.12. The summed E-state index contributed by atoms with van der Waals surface area (Å²) in [6.07, 6.45) is 7.99. The molecule has 1 saturated carbocycles. The number of rotatable bonds is 4. The van der Waals surface area contributed by atoms with Crippen molar-refractivity contribution >= 4 is 31.9 Å². The molecule has 2 aromatic rings. The smallest absolute Gasteiger partial charge is 0.134 e. The summed E-state index contributed by atoms with van der Waals surface area (Å²) in [5.41, 5.74) is 1.13. The van der Waals surface area contributed by atoms with Crippen molar-refractivity contribution in [2.24, 2.45) is 5.92 Å². The molecule has 1 aromatic carbocycles. The van der Waals surface area contributed by atoms with Gasteiger partial charge in [-0.05, 0) is 87.7 Å². The van der Waals surface area contributed by atoms with E-state index < -0.39 is 0 Å². The molecular weight excluding hydrogens is 404 g/mol. The molecule has 22 heavy (non-hydrogen) atoms. The van der Waals surface area contributed by atoms with Crippen LogP contribution in [0.3, 0.4) is 0 Å². The van der Waals surface area contributed by atoms with E-state index in [1.54, 1.807) is 0 Å². The minimum Gasteiger partial charge on any atom is -0.461 e. The number of benzene rings is 1. The predicted octanol–water partition coefficient (Wildman–Crippen LogP) is 7.55. The van der Waals surface area contributed by atoms with Crippen molar-refractivity contribution in [3.05, 3.63) is 45.0 Å². The molecule has 1 aromatic heterocycles. The predicted molar refractivity (Wildman–Crippen MR) is 99.2 cm³/mol. The topological polar surface area (TPSA) is 13.1 Å². The summed E-state index contributed by atoms with van der Waals surface area (Å²) < 4.78 is 8.29. The third-order valence-corrected chi connectivity index (χ3v) is 6.66. The van der Waals surface area contributed by atoms with E-state index in [2.05, 4.69) is 69.1 Å². The van der Waals surface area contributed by atoms with Gasteiger partial charge in [-0.1, -0.05) is 25.8 Å². The maximum absolute atomic E-state index is 6.16. The Kier molecular flexibility index (Phi) is 5.46. The summed E-state index contributed by atoms with van der Waals surface area (Å²) in [4.78, 5) is 0. The van der Waals surface area contributed by atoms with Crippen molar-refractivity contribution in [2.45, 2.75) is 51.4 Å². The Hall–Kier alpha value is -0.540. The Morgan fingerprint density at radius 1 is 1.00 bits per heavy atom. The van der Waals surface area contributed by atoms with Gasteiger partial charge in [0, 0.05) is 20.4 Å². The van der Waals surface area contributed by atoms with E-state index in [0.717, 1.165) is 26.2 Å². The molecule has 0 saturated heterocycles. The Morgan fingerprint density at radius 3 is 2.45 bits per heavy atom. The van der Waals surface area contributed by atoms with Crippen LogP contribution in [-0.4, -0.2) is 0 Å². The fraction of sp³-hybridized carbons (Fsp3) is 0.474. The second-order valence-electron chi connectivity index (χ2n) is 6.34. The molecular formula is C19H22Br2O. The highest BCUT2D eigenvalue weighted by atomic mass is 79.9. The molecule has 0 spiro atoms. The molecule has 0 N–H and O–H groups in total. The van der Waals surface area contributed by atoms with Crippen molar-refractivity contribution in [3.63, 3.8) is 0 Å². The van der Waals surface area contributed by atoms with E-state index in [-0.39, 0.29) is 0 Å². The van der Waals surface area contributed by atoms with Crippen molar-refractivity contribution in [3.8, 4) is 11.3 Å². The normalized spacial score (nSPS) is 22.0. The molecule has 0 aliphatic heterocycles. The molecule has 1 heterocycles. The van der Waals surface area contributed by atoms with Crippen LogP contribution >= 0.6 is 31.9 Å². The highest BCUT2D eigenvalue weighted by Crippen LogP contribution is 2.39. The fourth-order valence-corrected chi connectivity index (χ4v) is 4.15. The number of halogens is 2. The third kappa shape index (κ3) is 3.68. The zero-order chi connectivity index (χ0) is 15.5. The number of hydrogen-bond acceptors (Lipinski definition) is 1. The van der Waals surface area contributed by atoms with E-state index in [9.17, 15) is 0 Å². The first-order chi connectivity index (χ1) is 10.7. The molecule has 1 aliphatic carbocycles. The first-order valence-electron chi connectivity index (χ1n) is 8.22. The maximum Gasteiger partial charge on any atom is 0.134 e. The quantitative estimate of drug-likeness (QED) is 0.492. The largest absolute Gasteiger partial charge is 0.461 e. The second-order valence-corrected chi connectivity index (χ2v) is 8.05. The van der Waals surface area contributed by atoms with Crippen LogP contribution in [0.4, 0.5) is 0 Å². The van der Waals surface area contributed by atoms with Gasteiger partial charge in [-0.25, -0.2) is 0 Å². The van der Waals surface area contributed by atoms with Gasteiger partial charge in [-0.2, -0.15) is 0 Å². The Morgan fingerprint density at radius 2 is 1.77 bits per heavy atom. The summed E-state index contributed by atoms with van der Waals surface area (Å²) >= 11 is 7.07. The van der Waals surface area contributed by atoms with Gasteiger partial charge in [0.05, 0.1) is 0 Å². The minimum atomic E-state index is 0.612. The highest BCUT2D eigenvalue weighted by Gasteiger charge is 2.24. The number of furan rings is 1. The van der Waals surface area contributed by atoms with Crippen LogP contribution in [0.15, 0.2) is 43.7 Å². The van der Waals surface area contributed by atoms with Crippen LogP contribution in [0.1, 0.15) is 57.1 Å². The molecule has 3 rings (SSSR count). The molecule has 0 bridgehead atoms. The van der Waals surface area contributed by atoms with E-state index in [1.165, 1.54) is 44.3 Å². The van der Waals surface area contributed by atoms with Crippen LogP contribution in [0.2, 0.25) is 0 Å². The molecule has 0 radical (unpaired) electrons. The third-order valence-electron chi connectivity index (χ3n) is 4.78. The van der Waals surface area contributed by atoms with Crippen LogP contribution in [0.25, 0.3) is 11.3 Å². The van der Waals surface area contributed by atoms with Crippen molar-refractivity contribution in [1.82, 2.24) is 0 Å². The van der Waals surface area contributed by atoms with Gasteiger partial charge in [-0.15, -0.1) is 0 Å². The van der Waals surface area contributed by atoms with Gasteiger partial charge in [0.25, 0.3) is 0 Å². The lowest BCUT2D eigenvalue weighted by Gasteiger charge is -2.27. The van der Waals surface area contributed by atoms with Crippen molar-refractivity contribution in [2.75, 3.05) is 0 Å². The van der Waals surface area contributed by atoms with E-state index >= 15 is 0 Å². The van der Waals surface area contributed by atoms with Crippen LogP contribution in [-0.2, 0) is 0 Å². The van der Waals surface area contributed by atoms with E-state index in [0.29, 0.717) is 5.92 Å². The minimum absolute atomic E-state index is 0.612. The molecule has 0 atom stereocenters. The zero-order valence-corrected chi connectivity index (χ0v) is 16.1. The second kappa shape index (κ2) is 7.35. The van der Waals surface area contributed by atoms with Crippen LogP contribution in [0, 0.1) is 5.92 Å². The summed E-state index contributed by atoms with van der Waals surface area (Å²) in [6, 6.07) is 10.5. The molecule has 1 fully saturated rings. The van der Waals surface area contributed by atoms with Gasteiger partial charge < -0.3 is 4.42 Å². The first kappa shape index (κ1) is 16.3. The Labute approximate surface area is 149 Å². The highest BCUT2D eigenvalue weighted by molar-refractivity contribution is 9.13. The van der Waals surface area contributed by atoms with E-state index in [1.807, 2.05) is 0 Å². The molecule has 3 heteroatoms. The molecule has 1 aliphatic rings. The van der Waals surface area contributed by atoms with Gasteiger partial charge in [-0.3, -0.25) is 0 Å². The fourth-order valence-electron chi connectivity index (χ4n) is 3.52. The molecule has 1 nitrogen and oxygen atoms in total. The van der Waals surface area contributed by atoms with E-state index in [4.69, 9.17) is 4.42 Å². The van der Waals surface area contributed by atoms with Crippen molar-refractivity contribution in [1.29, 1.82) is 0 Å². The van der Waals surface area contributed by atoms with Gasteiger partial charge in [0.15, 0.2) is 0 Å². The number of hydrogen-bond donors (Lipinski definition) is 0. The monoisotopic (exact) mass is 424 g/mol. The van der Waals surface area contributed by atoms with Crippen LogP contribution in [0.5, 0.6) is 0 Å². The van der Waals surface area contributed by atoms with Gasteiger partial charge >= 0.3 is 0 Å². The lowest BCUT2D eigenvalue weighted by atomic mass is 9.79. The first-order valence-corrected chi connectivity index (χ1v) is 9.81. The Balaban J connectivity index is 1.70. The summed E-state index contributed by atoms with van der Waals surface area (Å²) in [5.74, 6) is 3.70. The summed E-state index contributed by atoms with van der Waals surface area (Å²) in [7, 11) is 0. The molecule has 0 amide bonds. The standard InChI is InChI=1S/C19H22Br2O/c1-2-3-13-4-6-14(7-5-13)18-10-11-19(22-18)15-8-9-16(20)17(21)12-15/h8-14H,2-7H2,1H3. The molecule has 118 valence electrons. The summed E-state index contributed by atoms with van der Waals surface area (Å²) in [6.45, 7) is 2.29. The lowest BCUT2D eigenvalue weighted by molar-refractivity contribution is 0.286. The van der Waals surface area contributed by atoms with Gasteiger partial charge in [0.2, 0.25) is 0 Å². The van der Waals surface area contributed by atoms with Crippen LogP contribution < -0.4 is 0 Å². The van der Waals surface area contributed by atoms with Crippen molar-refractivity contribution < 1.29 is 4.42 Å². The zero-order valence-electron chi connectivity index (χ0n) is 12.9. The average Bonchev–Trinajstić information content (AvgIpc) is 3.01. The Bertz CT molecular complexity index is 624.